The molecule has 1 heterocycles. The summed E-state index contributed by atoms with van der Waals surface area (Å²) in [4.78, 5) is 6.63. The molecule has 1 aromatic rings. The summed E-state index contributed by atoms with van der Waals surface area (Å²) in [5, 5.41) is 16.3. The highest BCUT2D eigenvalue weighted by Crippen LogP contribution is 2.22. The molecule has 150 valence electrons. The zero-order valence-electron chi connectivity index (χ0n) is 16.1. The van der Waals surface area contributed by atoms with Crippen LogP contribution in [0.4, 0.5) is 10.1 Å². The average Bonchev–Trinajstić information content (AvgIpc) is 2.69. The van der Waals surface area contributed by atoms with Gasteiger partial charge in [-0.2, -0.15) is 0 Å². The number of guanidine groups is 1. The van der Waals surface area contributed by atoms with E-state index in [2.05, 4.69) is 15.6 Å². The Bertz CT molecular complexity index is 626. The molecule has 0 bridgehead atoms. The minimum atomic E-state index is -0.205. The predicted octanol–water partition coefficient (Wildman–Crippen LogP) is 2.02. The van der Waals surface area contributed by atoms with E-state index < -0.39 is 0 Å². The maximum atomic E-state index is 14.5. The summed E-state index contributed by atoms with van der Waals surface area (Å²) in [6.45, 7) is 5.94. The zero-order valence-corrected chi connectivity index (χ0v) is 16.1. The first-order valence-corrected chi connectivity index (χ1v) is 9.99. The first-order chi connectivity index (χ1) is 13.2. The number of morpholine rings is 1. The topological polar surface area (TPSA) is 69.1 Å². The Balaban J connectivity index is 1.60. The molecular formula is C20H31FN4O2. The lowest BCUT2D eigenvalue weighted by atomic mass is 9.93. The van der Waals surface area contributed by atoms with Crippen molar-refractivity contribution in [2.75, 3.05) is 37.7 Å². The fourth-order valence-corrected chi connectivity index (χ4v) is 3.61. The highest BCUT2D eigenvalue weighted by Gasteiger charge is 2.20. The van der Waals surface area contributed by atoms with Crippen LogP contribution in [0.3, 0.4) is 0 Å². The van der Waals surface area contributed by atoms with Gasteiger partial charge in [0.15, 0.2) is 5.96 Å². The molecule has 0 atom stereocenters. The number of halogens is 1. The number of nitrogens with zero attached hydrogens (tertiary/aromatic N) is 2. The van der Waals surface area contributed by atoms with Crippen LogP contribution in [-0.2, 0) is 11.3 Å². The lowest BCUT2D eigenvalue weighted by Crippen LogP contribution is -2.45. The van der Waals surface area contributed by atoms with E-state index >= 15 is 0 Å². The normalized spacial score (nSPS) is 24.0. The second kappa shape index (κ2) is 9.90. The number of aliphatic hydroxyl groups excluding tert-OH is 1. The standard InChI is InChI=1S/C20H31FN4O2/c1-2-22-20(24-16-4-6-17(26)7-5-16)23-14-15-3-8-19(18(21)13-15)25-9-11-27-12-10-25/h3,8,13,16-17,26H,2,4-7,9-12,14H2,1H3,(H2,22,23,24). The molecule has 0 aromatic heterocycles. The van der Waals surface area contributed by atoms with Gasteiger partial charge in [0.2, 0.25) is 0 Å². The number of nitrogens with one attached hydrogen (secondary N) is 2. The molecular weight excluding hydrogens is 347 g/mol. The van der Waals surface area contributed by atoms with Gasteiger partial charge < -0.3 is 25.4 Å². The molecule has 1 aliphatic heterocycles. The summed E-state index contributed by atoms with van der Waals surface area (Å²) in [5.41, 5.74) is 1.48. The summed E-state index contributed by atoms with van der Waals surface area (Å²) >= 11 is 0. The van der Waals surface area contributed by atoms with Gasteiger partial charge in [0.1, 0.15) is 5.82 Å². The summed E-state index contributed by atoms with van der Waals surface area (Å²) in [6.07, 6.45) is 3.36. The molecule has 0 spiro atoms. The van der Waals surface area contributed by atoms with Crippen molar-refractivity contribution in [1.82, 2.24) is 10.6 Å². The fourth-order valence-electron chi connectivity index (χ4n) is 3.61. The summed E-state index contributed by atoms with van der Waals surface area (Å²) < 4.78 is 19.9. The van der Waals surface area contributed by atoms with Crippen LogP contribution >= 0.6 is 0 Å². The van der Waals surface area contributed by atoms with Crippen LogP contribution in [0.5, 0.6) is 0 Å². The van der Waals surface area contributed by atoms with Gasteiger partial charge in [-0.1, -0.05) is 6.07 Å². The third kappa shape index (κ3) is 5.81. The van der Waals surface area contributed by atoms with Crippen molar-refractivity contribution in [3.05, 3.63) is 29.6 Å². The number of aliphatic imine (C=N–C) groups is 1. The summed E-state index contributed by atoms with van der Waals surface area (Å²) in [6, 6.07) is 5.69. The highest BCUT2D eigenvalue weighted by molar-refractivity contribution is 5.80. The molecule has 1 aliphatic carbocycles. The molecule has 3 N–H and O–H groups in total. The second-order valence-electron chi connectivity index (χ2n) is 7.23. The maximum Gasteiger partial charge on any atom is 0.191 e. The van der Waals surface area contributed by atoms with Crippen LogP contribution in [0.2, 0.25) is 0 Å². The van der Waals surface area contributed by atoms with E-state index in [9.17, 15) is 9.50 Å². The quantitative estimate of drug-likeness (QED) is 0.540. The van der Waals surface area contributed by atoms with Crippen molar-refractivity contribution >= 4 is 11.6 Å². The van der Waals surface area contributed by atoms with Crippen molar-refractivity contribution in [2.24, 2.45) is 4.99 Å². The molecule has 6 nitrogen and oxygen atoms in total. The Morgan fingerprint density at radius 2 is 2.00 bits per heavy atom. The third-order valence-corrected chi connectivity index (χ3v) is 5.17. The van der Waals surface area contributed by atoms with Gasteiger partial charge in [0.25, 0.3) is 0 Å². The fraction of sp³-hybridized carbons (Fsp3) is 0.650. The van der Waals surface area contributed by atoms with E-state index in [1.807, 2.05) is 24.0 Å². The second-order valence-corrected chi connectivity index (χ2v) is 7.23. The minimum Gasteiger partial charge on any atom is -0.393 e. The van der Waals surface area contributed by atoms with Crippen molar-refractivity contribution < 1.29 is 14.2 Å². The van der Waals surface area contributed by atoms with Crippen molar-refractivity contribution in [3.8, 4) is 0 Å². The van der Waals surface area contributed by atoms with Crippen molar-refractivity contribution in [1.29, 1.82) is 0 Å². The molecule has 1 saturated heterocycles. The Hall–Kier alpha value is -1.86. The monoisotopic (exact) mass is 378 g/mol. The van der Waals surface area contributed by atoms with Crippen LogP contribution in [0.1, 0.15) is 38.2 Å². The van der Waals surface area contributed by atoms with Crippen LogP contribution in [0.25, 0.3) is 0 Å². The van der Waals surface area contributed by atoms with E-state index in [4.69, 9.17) is 4.74 Å². The van der Waals surface area contributed by atoms with Crippen LogP contribution in [-0.4, -0.2) is 56.1 Å². The Morgan fingerprint density at radius 3 is 2.67 bits per heavy atom. The summed E-state index contributed by atoms with van der Waals surface area (Å²) in [5.74, 6) is 0.542. The molecule has 0 unspecified atom stereocenters. The van der Waals surface area contributed by atoms with E-state index in [0.29, 0.717) is 31.5 Å². The molecule has 7 heteroatoms. The van der Waals surface area contributed by atoms with Gasteiger partial charge in [-0.15, -0.1) is 0 Å². The van der Waals surface area contributed by atoms with Crippen molar-refractivity contribution in [2.45, 2.75) is 51.3 Å². The number of benzene rings is 1. The molecule has 1 saturated carbocycles. The van der Waals surface area contributed by atoms with Crippen LogP contribution in [0.15, 0.2) is 23.2 Å². The van der Waals surface area contributed by atoms with Gasteiger partial charge in [-0.25, -0.2) is 9.38 Å². The number of aliphatic hydroxyl groups is 1. The Labute approximate surface area is 160 Å². The Morgan fingerprint density at radius 1 is 1.26 bits per heavy atom. The lowest BCUT2D eigenvalue weighted by molar-refractivity contribution is 0.120. The van der Waals surface area contributed by atoms with Crippen molar-refractivity contribution in [3.63, 3.8) is 0 Å². The van der Waals surface area contributed by atoms with Gasteiger partial charge >= 0.3 is 0 Å². The molecule has 1 aromatic carbocycles. The van der Waals surface area contributed by atoms with Gasteiger partial charge in [-0.3, -0.25) is 0 Å². The molecule has 0 radical (unpaired) electrons. The first kappa shape index (κ1) is 19.9. The van der Waals surface area contributed by atoms with Gasteiger partial charge in [0, 0.05) is 25.7 Å². The van der Waals surface area contributed by atoms with E-state index in [1.165, 1.54) is 0 Å². The minimum absolute atomic E-state index is 0.171. The zero-order chi connectivity index (χ0) is 19.1. The van der Waals surface area contributed by atoms with E-state index in [-0.39, 0.29) is 11.9 Å². The third-order valence-electron chi connectivity index (χ3n) is 5.17. The van der Waals surface area contributed by atoms with Crippen LogP contribution in [0, 0.1) is 5.82 Å². The molecule has 2 aliphatic rings. The lowest BCUT2D eigenvalue weighted by Gasteiger charge is -2.29. The number of hydrogen-bond donors (Lipinski definition) is 3. The molecule has 2 fully saturated rings. The molecule has 0 amide bonds. The molecule has 27 heavy (non-hydrogen) atoms. The van der Waals surface area contributed by atoms with Crippen LogP contribution < -0.4 is 15.5 Å². The SMILES string of the molecule is CCNC(=NCc1ccc(N2CCOCC2)c(F)c1)NC1CCC(O)CC1. The van der Waals surface area contributed by atoms with Gasteiger partial charge in [0.05, 0.1) is 31.5 Å². The van der Waals surface area contributed by atoms with E-state index in [0.717, 1.165) is 56.8 Å². The number of ether oxygens (including phenoxy) is 1. The van der Waals surface area contributed by atoms with E-state index in [1.54, 1.807) is 6.07 Å². The highest BCUT2D eigenvalue weighted by atomic mass is 19.1. The number of anilines is 1. The predicted molar refractivity (Wildman–Crippen MR) is 106 cm³/mol. The average molecular weight is 378 g/mol. The number of hydrogen-bond acceptors (Lipinski definition) is 4. The maximum absolute atomic E-state index is 14.5. The largest absolute Gasteiger partial charge is 0.393 e. The molecule has 3 rings (SSSR count). The smallest absolute Gasteiger partial charge is 0.191 e. The summed E-state index contributed by atoms with van der Waals surface area (Å²) in [7, 11) is 0. The first-order valence-electron chi connectivity index (χ1n) is 9.99. The number of rotatable bonds is 5. The van der Waals surface area contributed by atoms with Gasteiger partial charge in [-0.05, 0) is 50.3 Å². The Kier molecular flexibility index (Phi) is 7.29.